The third-order valence-electron chi connectivity index (χ3n) is 4.56. The van der Waals surface area contributed by atoms with Crippen molar-refractivity contribution in [1.82, 2.24) is 19.7 Å². The maximum Gasteiger partial charge on any atom is 0.191 e. The summed E-state index contributed by atoms with van der Waals surface area (Å²) in [6.45, 7) is 2.77. The van der Waals surface area contributed by atoms with E-state index in [1.165, 1.54) is 28.7 Å². The van der Waals surface area contributed by atoms with E-state index in [0.29, 0.717) is 11.4 Å². The van der Waals surface area contributed by atoms with Gasteiger partial charge in [-0.1, -0.05) is 54.2 Å². The number of fused-ring (bicyclic) bond motifs is 1. The van der Waals surface area contributed by atoms with Gasteiger partial charge in [0.15, 0.2) is 5.16 Å². The Kier molecular flexibility index (Phi) is 6.12. The molecular weight excluding hydrogens is 414 g/mol. The third-order valence-corrected chi connectivity index (χ3v) is 6.59. The molecule has 0 aliphatic heterocycles. The molecule has 6 nitrogen and oxygen atoms in total. The molecule has 4 rings (SSSR count). The zero-order valence-corrected chi connectivity index (χ0v) is 18.0. The van der Waals surface area contributed by atoms with Crippen molar-refractivity contribution in [2.45, 2.75) is 25.0 Å². The molecule has 150 valence electrons. The van der Waals surface area contributed by atoms with Crippen molar-refractivity contribution in [1.29, 1.82) is 5.26 Å². The predicted octanol–water partition coefficient (Wildman–Crippen LogP) is 5.08. The zero-order valence-electron chi connectivity index (χ0n) is 16.3. The van der Waals surface area contributed by atoms with Crippen LogP contribution in [0.15, 0.2) is 65.5 Å². The number of allylic oxidation sites excluding steroid dienone is 1. The maximum atomic E-state index is 10.6. The van der Waals surface area contributed by atoms with Crippen molar-refractivity contribution in [3.8, 4) is 6.07 Å². The molecule has 2 aromatic heterocycles. The van der Waals surface area contributed by atoms with Gasteiger partial charge in [-0.05, 0) is 24.6 Å². The molecule has 2 heterocycles. The number of thioether (sulfide) groups is 1. The van der Waals surface area contributed by atoms with Crippen molar-refractivity contribution in [3.05, 3.63) is 76.8 Å². The smallest absolute Gasteiger partial charge is 0.191 e. The molecular formula is C22H19N5OS2. The highest BCUT2D eigenvalue weighted by molar-refractivity contribution is 7.99. The van der Waals surface area contributed by atoms with Gasteiger partial charge in [-0.2, -0.15) is 5.26 Å². The third kappa shape index (κ3) is 4.22. The molecule has 0 amide bonds. The van der Waals surface area contributed by atoms with Crippen molar-refractivity contribution in [3.63, 3.8) is 0 Å². The van der Waals surface area contributed by atoms with Crippen LogP contribution >= 0.6 is 23.1 Å². The lowest BCUT2D eigenvalue weighted by molar-refractivity contribution is 0.420. The molecule has 0 fully saturated rings. The zero-order chi connectivity index (χ0) is 20.9. The number of hydrogen-bond acceptors (Lipinski definition) is 7. The first kappa shape index (κ1) is 20.1. The molecule has 0 aliphatic rings. The van der Waals surface area contributed by atoms with E-state index in [1.54, 1.807) is 0 Å². The number of benzene rings is 2. The van der Waals surface area contributed by atoms with Gasteiger partial charge in [0.2, 0.25) is 0 Å². The van der Waals surface area contributed by atoms with Crippen LogP contribution in [-0.2, 0) is 13.0 Å². The van der Waals surface area contributed by atoms with Gasteiger partial charge in [-0.3, -0.25) is 0 Å². The fraction of sp³-hybridized carbons (Fsp3) is 0.182. The van der Waals surface area contributed by atoms with E-state index in [9.17, 15) is 10.4 Å². The van der Waals surface area contributed by atoms with Gasteiger partial charge in [0.1, 0.15) is 28.2 Å². The fourth-order valence-electron chi connectivity index (χ4n) is 3.07. The molecule has 2 aromatic carbocycles. The minimum atomic E-state index is -0.00295. The van der Waals surface area contributed by atoms with Crippen LogP contribution in [0.5, 0.6) is 0 Å². The number of nitrogens with zero attached hydrogens (tertiary/aromatic N) is 5. The van der Waals surface area contributed by atoms with Crippen LogP contribution < -0.4 is 0 Å². The Morgan fingerprint density at radius 2 is 1.90 bits per heavy atom. The van der Waals surface area contributed by atoms with Gasteiger partial charge in [0.05, 0.1) is 16.0 Å². The lowest BCUT2D eigenvalue weighted by Crippen LogP contribution is -2.04. The highest BCUT2D eigenvalue weighted by Crippen LogP contribution is 2.30. The van der Waals surface area contributed by atoms with E-state index in [1.807, 2.05) is 54.0 Å². The minimum Gasteiger partial charge on any atom is -0.510 e. The van der Waals surface area contributed by atoms with Crippen LogP contribution in [0.2, 0.25) is 0 Å². The van der Waals surface area contributed by atoms with Crippen LogP contribution in [0.3, 0.4) is 0 Å². The summed E-state index contributed by atoms with van der Waals surface area (Å²) in [4.78, 5) is 4.48. The molecule has 30 heavy (non-hydrogen) atoms. The van der Waals surface area contributed by atoms with Crippen LogP contribution in [0.4, 0.5) is 0 Å². The highest BCUT2D eigenvalue weighted by atomic mass is 32.2. The van der Waals surface area contributed by atoms with Crippen molar-refractivity contribution >= 4 is 38.9 Å². The van der Waals surface area contributed by atoms with Gasteiger partial charge >= 0.3 is 0 Å². The van der Waals surface area contributed by atoms with Crippen LogP contribution in [0.25, 0.3) is 15.8 Å². The molecule has 4 aromatic rings. The van der Waals surface area contributed by atoms with Crippen LogP contribution in [0.1, 0.15) is 23.3 Å². The maximum absolute atomic E-state index is 10.6. The number of para-hydroxylation sites is 1. The summed E-state index contributed by atoms with van der Waals surface area (Å²) < 4.78 is 3.02. The number of thiazole rings is 1. The Balaban J connectivity index is 1.53. The number of aliphatic hydroxyl groups excluding tert-OH is 1. The van der Waals surface area contributed by atoms with Gasteiger partial charge in [0, 0.05) is 13.0 Å². The second-order valence-corrected chi connectivity index (χ2v) is 8.49. The summed E-state index contributed by atoms with van der Waals surface area (Å²) in [7, 11) is 0. The quantitative estimate of drug-likeness (QED) is 0.248. The Hall–Kier alpha value is -3.15. The summed E-state index contributed by atoms with van der Waals surface area (Å²) in [5.74, 6) is 1.10. The molecule has 0 saturated heterocycles. The average Bonchev–Trinajstić information content (AvgIpc) is 3.37. The second-order valence-electron chi connectivity index (χ2n) is 6.51. The van der Waals surface area contributed by atoms with E-state index in [4.69, 9.17) is 0 Å². The van der Waals surface area contributed by atoms with Gasteiger partial charge in [0.25, 0.3) is 0 Å². The second kappa shape index (κ2) is 9.11. The van der Waals surface area contributed by atoms with Crippen LogP contribution in [-0.4, -0.2) is 30.6 Å². The van der Waals surface area contributed by atoms with E-state index in [0.717, 1.165) is 27.7 Å². The first-order chi connectivity index (χ1) is 14.7. The van der Waals surface area contributed by atoms with E-state index < -0.39 is 0 Å². The number of aliphatic hydroxyl groups is 1. The van der Waals surface area contributed by atoms with Gasteiger partial charge in [-0.15, -0.1) is 21.5 Å². The molecule has 0 aliphatic carbocycles. The number of aromatic nitrogens is 4. The van der Waals surface area contributed by atoms with Gasteiger partial charge < -0.3 is 9.67 Å². The lowest BCUT2D eigenvalue weighted by Gasteiger charge is -2.07. The Bertz CT molecular complexity index is 1200. The molecule has 0 unspecified atom stereocenters. The van der Waals surface area contributed by atoms with E-state index in [2.05, 4.69) is 33.4 Å². The standard InChI is InChI=1S/C22H19N5OS2/c1-2-27-20(12-15-8-4-3-5-9-15)25-26-22(27)29-14-18(28)16(13-23)21-24-17-10-6-7-11-19(17)30-21/h3-11,28H,2,12,14H2,1H3. The average molecular weight is 434 g/mol. The summed E-state index contributed by atoms with van der Waals surface area (Å²) in [5.41, 5.74) is 2.19. The monoisotopic (exact) mass is 433 g/mol. The van der Waals surface area contributed by atoms with E-state index in [-0.39, 0.29) is 17.1 Å². The number of hydrogen-bond donors (Lipinski definition) is 1. The highest BCUT2D eigenvalue weighted by Gasteiger charge is 2.17. The molecule has 0 saturated carbocycles. The fourth-order valence-corrected chi connectivity index (χ4v) is 4.95. The van der Waals surface area contributed by atoms with Crippen molar-refractivity contribution in [2.75, 3.05) is 5.75 Å². The minimum absolute atomic E-state index is 0.00295. The molecule has 0 bridgehead atoms. The summed E-state index contributed by atoms with van der Waals surface area (Å²) in [5, 5.41) is 30.1. The number of nitriles is 1. The summed E-state index contributed by atoms with van der Waals surface area (Å²) in [6.07, 6.45) is 0.694. The molecule has 8 heteroatoms. The molecule has 0 spiro atoms. The normalized spacial score (nSPS) is 12.0. The Morgan fingerprint density at radius 3 is 2.63 bits per heavy atom. The Morgan fingerprint density at radius 1 is 1.13 bits per heavy atom. The number of rotatable bonds is 7. The molecule has 1 N–H and O–H groups in total. The van der Waals surface area contributed by atoms with E-state index >= 15 is 0 Å². The largest absolute Gasteiger partial charge is 0.510 e. The Labute approximate surface area is 182 Å². The van der Waals surface area contributed by atoms with Crippen molar-refractivity contribution < 1.29 is 5.11 Å². The molecule has 0 radical (unpaired) electrons. The predicted molar refractivity (Wildman–Crippen MR) is 120 cm³/mol. The summed E-state index contributed by atoms with van der Waals surface area (Å²) in [6, 6.07) is 19.9. The molecule has 0 atom stereocenters. The lowest BCUT2D eigenvalue weighted by atomic mass is 10.1. The van der Waals surface area contributed by atoms with Crippen molar-refractivity contribution in [2.24, 2.45) is 0 Å². The SMILES string of the molecule is CCn1c(Cc2ccccc2)nnc1SCC(O)=C(C#N)c1nc2ccccc2s1. The van der Waals surface area contributed by atoms with Gasteiger partial charge in [-0.25, -0.2) is 4.98 Å². The summed E-state index contributed by atoms with van der Waals surface area (Å²) >= 11 is 2.76. The first-order valence-electron chi connectivity index (χ1n) is 9.46. The first-order valence-corrected chi connectivity index (χ1v) is 11.3. The topological polar surface area (TPSA) is 87.6 Å². The van der Waals surface area contributed by atoms with Crippen LogP contribution in [0, 0.1) is 11.3 Å².